The minimum absolute atomic E-state index is 0.830. The van der Waals surface area contributed by atoms with Crippen LogP contribution in [0.2, 0.25) is 0 Å². The third kappa shape index (κ3) is 4.37. The first-order valence-corrected chi connectivity index (χ1v) is 3.14. The maximum atomic E-state index is 4.75. The highest BCUT2D eigenvalue weighted by Gasteiger charge is 1.79. The first-order valence-electron chi connectivity index (χ1n) is 1.98. The fourth-order valence-corrected chi connectivity index (χ4v) is 0.500. The molecule has 0 saturated heterocycles. The molecule has 36 valence electrons. The average Bonchev–Trinajstić information content (AvgIpc) is 1.61. The van der Waals surface area contributed by atoms with E-state index in [1.54, 1.807) is 18.7 Å². The van der Waals surface area contributed by atoms with Gasteiger partial charge < -0.3 is 4.65 Å². The second-order valence-corrected chi connectivity index (χ2v) is 2.12. The van der Waals surface area contributed by atoms with E-state index in [0.29, 0.717) is 0 Å². The van der Waals surface area contributed by atoms with E-state index in [2.05, 4.69) is 6.92 Å². The standard InChI is InChI=1S/C3H9BOS/c1-3-6-4-5-2/h4H,3H2,1-2H3. The topological polar surface area (TPSA) is 9.23 Å². The SMILES string of the molecule is CCSBOC. The highest BCUT2D eigenvalue weighted by atomic mass is 32.2. The van der Waals surface area contributed by atoms with Crippen molar-refractivity contribution < 1.29 is 4.65 Å². The van der Waals surface area contributed by atoms with Gasteiger partial charge in [0.1, 0.15) is 0 Å². The predicted molar refractivity (Wildman–Crippen MR) is 32.3 cm³/mol. The maximum Gasteiger partial charge on any atom is 0.342 e. The van der Waals surface area contributed by atoms with Gasteiger partial charge in [-0.15, -0.1) is 0 Å². The Bertz CT molecular complexity index is 22.8. The first-order chi connectivity index (χ1) is 2.91. The monoisotopic (exact) mass is 104 g/mol. The van der Waals surface area contributed by atoms with Crippen molar-refractivity contribution in [3.05, 3.63) is 0 Å². The lowest BCUT2D eigenvalue weighted by molar-refractivity contribution is 0.456. The van der Waals surface area contributed by atoms with Crippen LogP contribution in [-0.4, -0.2) is 19.6 Å². The van der Waals surface area contributed by atoms with E-state index in [1.165, 1.54) is 0 Å². The van der Waals surface area contributed by atoms with Crippen molar-refractivity contribution in [2.45, 2.75) is 6.92 Å². The summed E-state index contributed by atoms with van der Waals surface area (Å²) in [6, 6.07) is 0. The minimum atomic E-state index is 0.830. The molecule has 0 aromatic heterocycles. The molecule has 0 bridgehead atoms. The molecule has 0 rings (SSSR count). The highest BCUT2D eigenvalue weighted by molar-refractivity contribution is 8.21. The van der Waals surface area contributed by atoms with Crippen LogP contribution in [0.25, 0.3) is 0 Å². The van der Waals surface area contributed by atoms with Crippen LogP contribution in [0.4, 0.5) is 0 Å². The van der Waals surface area contributed by atoms with E-state index in [-0.39, 0.29) is 0 Å². The molecule has 0 aliphatic rings. The molecule has 0 fully saturated rings. The number of hydrogen-bond acceptors (Lipinski definition) is 2. The summed E-state index contributed by atoms with van der Waals surface area (Å²) in [6.07, 6.45) is 0. The van der Waals surface area contributed by atoms with Crippen LogP contribution in [0.1, 0.15) is 6.92 Å². The molecule has 0 aromatic rings. The van der Waals surface area contributed by atoms with Crippen LogP contribution in [-0.2, 0) is 4.65 Å². The molecule has 1 nitrogen and oxygen atoms in total. The lowest BCUT2D eigenvalue weighted by atomic mass is 10.6. The summed E-state index contributed by atoms with van der Waals surface area (Å²) < 4.78 is 4.75. The van der Waals surface area contributed by atoms with Crippen molar-refractivity contribution in [3.63, 3.8) is 0 Å². The van der Waals surface area contributed by atoms with Gasteiger partial charge in [-0.2, -0.15) is 11.6 Å². The average molecular weight is 104 g/mol. The van der Waals surface area contributed by atoms with Crippen LogP contribution in [0.5, 0.6) is 0 Å². The van der Waals surface area contributed by atoms with Crippen molar-refractivity contribution in [1.82, 2.24) is 0 Å². The Hall–Kier alpha value is 0.375. The highest BCUT2D eigenvalue weighted by Crippen LogP contribution is 1.91. The van der Waals surface area contributed by atoms with Gasteiger partial charge >= 0.3 is 6.76 Å². The first kappa shape index (κ1) is 6.37. The van der Waals surface area contributed by atoms with Gasteiger partial charge in [-0.1, -0.05) is 6.92 Å². The fourth-order valence-electron chi connectivity index (χ4n) is 0.167. The van der Waals surface area contributed by atoms with Gasteiger partial charge in [0, 0.05) is 7.11 Å². The Kier molecular flexibility index (Phi) is 5.71. The Morgan fingerprint density at radius 3 is 2.67 bits per heavy atom. The molecule has 6 heavy (non-hydrogen) atoms. The summed E-state index contributed by atoms with van der Waals surface area (Å²) in [6.45, 7) is 2.94. The van der Waals surface area contributed by atoms with Crippen LogP contribution < -0.4 is 0 Å². The Morgan fingerprint density at radius 2 is 2.50 bits per heavy atom. The molecule has 0 atom stereocenters. The normalized spacial score (nSPS) is 8.33. The molecular formula is C3H9BOS. The van der Waals surface area contributed by atoms with E-state index in [1.807, 2.05) is 0 Å². The molecule has 3 heteroatoms. The molecule has 0 radical (unpaired) electrons. The van der Waals surface area contributed by atoms with Gasteiger partial charge in [0.05, 0.1) is 0 Å². The minimum Gasteiger partial charge on any atom is -0.431 e. The van der Waals surface area contributed by atoms with Crippen LogP contribution >= 0.6 is 11.6 Å². The maximum absolute atomic E-state index is 4.75. The summed E-state index contributed by atoms with van der Waals surface area (Å²) in [7, 11) is 1.71. The summed E-state index contributed by atoms with van der Waals surface area (Å²) >= 11 is 1.79. The molecule has 0 unspecified atom stereocenters. The molecule has 0 heterocycles. The summed E-state index contributed by atoms with van der Waals surface area (Å²) in [5.74, 6) is 1.15. The van der Waals surface area contributed by atoms with Gasteiger partial charge in [0.25, 0.3) is 0 Å². The molecule has 0 N–H and O–H groups in total. The zero-order chi connectivity index (χ0) is 4.83. The molecule has 0 aliphatic heterocycles. The smallest absolute Gasteiger partial charge is 0.342 e. The van der Waals surface area contributed by atoms with Gasteiger partial charge in [0.15, 0.2) is 0 Å². The molecular weight excluding hydrogens is 94.9 g/mol. The molecule has 0 saturated carbocycles. The Balaban J connectivity index is 2.34. The van der Waals surface area contributed by atoms with E-state index in [9.17, 15) is 0 Å². The van der Waals surface area contributed by atoms with Gasteiger partial charge in [-0.05, 0) is 5.75 Å². The van der Waals surface area contributed by atoms with Crippen molar-refractivity contribution in [3.8, 4) is 0 Å². The fraction of sp³-hybridized carbons (Fsp3) is 1.00. The van der Waals surface area contributed by atoms with Crippen molar-refractivity contribution in [2.75, 3.05) is 12.9 Å². The van der Waals surface area contributed by atoms with Crippen molar-refractivity contribution in [2.24, 2.45) is 0 Å². The van der Waals surface area contributed by atoms with E-state index in [4.69, 9.17) is 4.65 Å². The third-order valence-corrected chi connectivity index (χ3v) is 1.22. The Morgan fingerprint density at radius 1 is 1.83 bits per heavy atom. The van der Waals surface area contributed by atoms with Crippen molar-refractivity contribution in [1.29, 1.82) is 0 Å². The second kappa shape index (κ2) is 5.37. The summed E-state index contributed by atoms with van der Waals surface area (Å²) in [5.41, 5.74) is 0. The molecule has 0 amide bonds. The van der Waals surface area contributed by atoms with Gasteiger partial charge in [-0.3, -0.25) is 0 Å². The summed E-state index contributed by atoms with van der Waals surface area (Å²) in [4.78, 5) is 0. The van der Waals surface area contributed by atoms with Gasteiger partial charge in [0.2, 0.25) is 0 Å². The van der Waals surface area contributed by atoms with E-state index >= 15 is 0 Å². The third-order valence-electron chi connectivity index (χ3n) is 0.405. The largest absolute Gasteiger partial charge is 0.431 e. The molecule has 0 aromatic carbocycles. The van der Waals surface area contributed by atoms with E-state index in [0.717, 1.165) is 12.5 Å². The zero-order valence-electron chi connectivity index (χ0n) is 4.23. The number of rotatable bonds is 3. The predicted octanol–water partition coefficient (Wildman–Crippen LogP) is 0.652. The second-order valence-electron chi connectivity index (χ2n) is 0.899. The lowest BCUT2D eigenvalue weighted by Gasteiger charge is -1.86. The van der Waals surface area contributed by atoms with Crippen molar-refractivity contribution >= 4 is 18.4 Å². The quantitative estimate of drug-likeness (QED) is 0.384. The molecule has 0 aliphatic carbocycles. The zero-order valence-corrected chi connectivity index (χ0v) is 5.05. The molecule has 0 spiro atoms. The van der Waals surface area contributed by atoms with Crippen LogP contribution in [0.15, 0.2) is 0 Å². The number of hydrogen-bond donors (Lipinski definition) is 0. The van der Waals surface area contributed by atoms with E-state index < -0.39 is 0 Å². The van der Waals surface area contributed by atoms with Gasteiger partial charge in [-0.25, -0.2) is 0 Å². The lowest BCUT2D eigenvalue weighted by Crippen LogP contribution is -1.85. The van der Waals surface area contributed by atoms with Crippen LogP contribution in [0.3, 0.4) is 0 Å². The van der Waals surface area contributed by atoms with Crippen LogP contribution in [0, 0.1) is 0 Å². The Labute approximate surface area is 43.6 Å². The summed E-state index contributed by atoms with van der Waals surface area (Å²) in [5, 5.41) is 0.